The Labute approximate surface area is 313 Å². The number of rotatable bonds is 4. The highest BCUT2D eigenvalue weighted by Crippen LogP contribution is 2.52. The van der Waals surface area contributed by atoms with Crippen LogP contribution in [0.1, 0.15) is 25.0 Å². The third kappa shape index (κ3) is 4.55. The third-order valence-corrected chi connectivity index (χ3v) is 11.5. The summed E-state index contributed by atoms with van der Waals surface area (Å²) in [6.07, 6.45) is 0. The van der Waals surface area contributed by atoms with E-state index in [0.717, 1.165) is 55.4 Å². The van der Waals surface area contributed by atoms with E-state index in [0.29, 0.717) is 5.82 Å². The van der Waals surface area contributed by atoms with Gasteiger partial charge in [0.05, 0.1) is 11.4 Å². The van der Waals surface area contributed by atoms with E-state index in [1.807, 2.05) is 42.5 Å². The first kappa shape index (κ1) is 30.8. The van der Waals surface area contributed by atoms with Gasteiger partial charge in [-0.25, -0.2) is 9.97 Å². The SMILES string of the molecule is CC1(C)c2ccc(-c3ccc(-c4cc(-c5cccc6oc7ccccc7c56)nc(-c5ccccc5)n4)c4ccccc34)cc2-c2ccc3ccccc3c21. The number of furan rings is 1. The van der Waals surface area contributed by atoms with Crippen LogP contribution >= 0.6 is 0 Å². The lowest BCUT2D eigenvalue weighted by atomic mass is 9.80. The van der Waals surface area contributed by atoms with Gasteiger partial charge in [-0.05, 0) is 79.2 Å². The number of benzene rings is 8. The van der Waals surface area contributed by atoms with Crippen LogP contribution < -0.4 is 0 Å². The van der Waals surface area contributed by atoms with Gasteiger partial charge < -0.3 is 4.42 Å². The lowest BCUT2D eigenvalue weighted by Crippen LogP contribution is -2.15. The van der Waals surface area contributed by atoms with Crippen molar-refractivity contribution in [3.8, 4) is 56.2 Å². The van der Waals surface area contributed by atoms with Crippen LogP contribution in [0.4, 0.5) is 0 Å². The Morgan fingerprint density at radius 2 is 1.07 bits per heavy atom. The van der Waals surface area contributed by atoms with Crippen LogP contribution in [0.15, 0.2) is 174 Å². The van der Waals surface area contributed by atoms with Crippen molar-refractivity contribution in [1.82, 2.24) is 9.97 Å². The number of para-hydroxylation sites is 1. The summed E-state index contributed by atoms with van der Waals surface area (Å²) in [5.41, 5.74) is 14.3. The molecular formula is C51H34N2O. The molecule has 0 saturated heterocycles. The molecule has 0 unspecified atom stereocenters. The molecule has 0 saturated carbocycles. The topological polar surface area (TPSA) is 38.9 Å². The minimum Gasteiger partial charge on any atom is -0.456 e. The molecule has 0 aliphatic heterocycles. The van der Waals surface area contributed by atoms with Gasteiger partial charge in [0.1, 0.15) is 11.2 Å². The van der Waals surface area contributed by atoms with E-state index < -0.39 is 0 Å². The number of nitrogens with zero attached hydrogens (tertiary/aromatic N) is 2. The van der Waals surface area contributed by atoms with Crippen molar-refractivity contribution in [2.75, 3.05) is 0 Å². The molecule has 8 aromatic carbocycles. The number of hydrogen-bond acceptors (Lipinski definition) is 3. The van der Waals surface area contributed by atoms with E-state index >= 15 is 0 Å². The maximum Gasteiger partial charge on any atom is 0.160 e. The molecule has 1 aliphatic rings. The van der Waals surface area contributed by atoms with E-state index in [4.69, 9.17) is 14.4 Å². The zero-order chi connectivity index (χ0) is 36.0. The molecule has 10 aromatic rings. The molecule has 2 heterocycles. The first-order valence-electron chi connectivity index (χ1n) is 18.6. The summed E-state index contributed by atoms with van der Waals surface area (Å²) in [5, 5.41) is 7.10. The van der Waals surface area contributed by atoms with Crippen LogP contribution in [0.3, 0.4) is 0 Å². The van der Waals surface area contributed by atoms with Gasteiger partial charge in [-0.1, -0.05) is 159 Å². The second kappa shape index (κ2) is 11.6. The van der Waals surface area contributed by atoms with Gasteiger partial charge in [-0.15, -0.1) is 0 Å². The third-order valence-electron chi connectivity index (χ3n) is 11.5. The highest BCUT2D eigenvalue weighted by Gasteiger charge is 2.37. The van der Waals surface area contributed by atoms with Crippen LogP contribution in [-0.2, 0) is 5.41 Å². The average Bonchev–Trinajstić information content (AvgIpc) is 3.72. The van der Waals surface area contributed by atoms with Gasteiger partial charge in [0.25, 0.3) is 0 Å². The Kier molecular flexibility index (Phi) is 6.60. The lowest BCUT2D eigenvalue weighted by Gasteiger charge is -2.23. The molecule has 0 bridgehead atoms. The smallest absolute Gasteiger partial charge is 0.160 e. The molecule has 2 aromatic heterocycles. The summed E-state index contributed by atoms with van der Waals surface area (Å²) in [4.78, 5) is 10.5. The van der Waals surface area contributed by atoms with Crippen LogP contribution in [0.5, 0.6) is 0 Å². The molecular weight excluding hydrogens is 657 g/mol. The quantitative estimate of drug-likeness (QED) is 0.184. The minimum atomic E-state index is -0.0930. The highest BCUT2D eigenvalue weighted by molar-refractivity contribution is 6.12. The first-order chi connectivity index (χ1) is 26.5. The van der Waals surface area contributed by atoms with Crippen LogP contribution in [0, 0.1) is 0 Å². The van der Waals surface area contributed by atoms with Crippen molar-refractivity contribution < 1.29 is 4.42 Å². The van der Waals surface area contributed by atoms with Crippen molar-refractivity contribution >= 4 is 43.5 Å². The molecule has 0 amide bonds. The predicted molar refractivity (Wildman–Crippen MR) is 224 cm³/mol. The zero-order valence-electron chi connectivity index (χ0n) is 30.0. The summed E-state index contributed by atoms with van der Waals surface area (Å²) in [7, 11) is 0. The Hall–Kier alpha value is -6.84. The van der Waals surface area contributed by atoms with E-state index in [1.54, 1.807) is 0 Å². The molecule has 0 N–H and O–H groups in total. The van der Waals surface area contributed by atoms with Crippen molar-refractivity contribution in [1.29, 1.82) is 0 Å². The van der Waals surface area contributed by atoms with E-state index in [9.17, 15) is 0 Å². The fraction of sp³-hybridized carbons (Fsp3) is 0.0588. The van der Waals surface area contributed by atoms with Gasteiger partial charge in [0.2, 0.25) is 0 Å². The fourth-order valence-corrected chi connectivity index (χ4v) is 8.99. The van der Waals surface area contributed by atoms with Gasteiger partial charge in [0, 0.05) is 32.9 Å². The predicted octanol–water partition coefficient (Wildman–Crippen LogP) is 13.7. The summed E-state index contributed by atoms with van der Waals surface area (Å²) >= 11 is 0. The maximum atomic E-state index is 6.29. The molecule has 254 valence electrons. The molecule has 1 aliphatic carbocycles. The van der Waals surface area contributed by atoms with E-state index in [1.165, 1.54) is 49.5 Å². The largest absolute Gasteiger partial charge is 0.456 e. The van der Waals surface area contributed by atoms with Crippen LogP contribution in [0.25, 0.3) is 99.6 Å². The molecule has 0 fully saturated rings. The summed E-state index contributed by atoms with van der Waals surface area (Å²) < 4.78 is 6.29. The Bertz CT molecular complexity index is 3130. The van der Waals surface area contributed by atoms with Crippen LogP contribution in [-0.4, -0.2) is 9.97 Å². The maximum absolute atomic E-state index is 6.29. The van der Waals surface area contributed by atoms with E-state index in [2.05, 4.69) is 141 Å². The van der Waals surface area contributed by atoms with Gasteiger partial charge in [-0.3, -0.25) is 0 Å². The van der Waals surface area contributed by atoms with Gasteiger partial charge >= 0.3 is 0 Å². The molecule has 0 radical (unpaired) electrons. The van der Waals surface area contributed by atoms with Crippen molar-refractivity contribution in [2.24, 2.45) is 0 Å². The highest BCUT2D eigenvalue weighted by atomic mass is 16.3. The monoisotopic (exact) mass is 690 g/mol. The van der Waals surface area contributed by atoms with Crippen LogP contribution in [0.2, 0.25) is 0 Å². The second-order valence-corrected chi connectivity index (χ2v) is 14.9. The number of fused-ring (bicyclic) bond motifs is 9. The number of hydrogen-bond donors (Lipinski definition) is 0. The Balaban J connectivity index is 1.10. The van der Waals surface area contributed by atoms with Gasteiger partial charge in [-0.2, -0.15) is 0 Å². The molecule has 3 heteroatoms. The lowest BCUT2D eigenvalue weighted by molar-refractivity contribution is 0.666. The standard InChI is InChI=1S/C51H34N2O/c1-51(2)43-28-24-33(29-42(43)39-25-23-31-13-6-7-16-35(31)49(39)51)34-26-27-38(37-18-9-8-17-36(34)37)44-30-45(53-50(52-44)32-14-4-3-5-15-32)40-20-12-22-47-48(40)41-19-10-11-21-46(41)54-47/h3-30H,1-2H3. The molecule has 3 nitrogen and oxygen atoms in total. The summed E-state index contributed by atoms with van der Waals surface area (Å²) in [5.74, 6) is 0.688. The minimum absolute atomic E-state index is 0.0930. The molecule has 11 rings (SSSR count). The number of aromatic nitrogens is 2. The van der Waals surface area contributed by atoms with Gasteiger partial charge in [0.15, 0.2) is 5.82 Å². The molecule has 0 spiro atoms. The average molecular weight is 691 g/mol. The van der Waals surface area contributed by atoms with Crippen molar-refractivity contribution in [3.63, 3.8) is 0 Å². The molecule has 0 atom stereocenters. The first-order valence-corrected chi connectivity index (χ1v) is 18.6. The Morgan fingerprint density at radius 3 is 1.91 bits per heavy atom. The zero-order valence-corrected chi connectivity index (χ0v) is 30.0. The van der Waals surface area contributed by atoms with E-state index in [-0.39, 0.29) is 5.41 Å². The molecule has 54 heavy (non-hydrogen) atoms. The van der Waals surface area contributed by atoms with Crippen molar-refractivity contribution in [2.45, 2.75) is 19.3 Å². The summed E-state index contributed by atoms with van der Waals surface area (Å²) in [6.45, 7) is 4.73. The fourth-order valence-electron chi connectivity index (χ4n) is 8.99. The van der Waals surface area contributed by atoms with Crippen molar-refractivity contribution in [3.05, 3.63) is 181 Å². The summed E-state index contributed by atoms with van der Waals surface area (Å²) in [6, 6.07) is 60.5. The second-order valence-electron chi connectivity index (χ2n) is 14.9. The normalized spacial score (nSPS) is 13.1. The Morgan fingerprint density at radius 1 is 0.426 bits per heavy atom.